The van der Waals surface area contributed by atoms with Crippen molar-refractivity contribution >= 4 is 40.2 Å². The number of methoxy groups -OCH3 is 1. The van der Waals surface area contributed by atoms with E-state index in [0.717, 1.165) is 6.42 Å². The van der Waals surface area contributed by atoms with Crippen LogP contribution in [0.15, 0.2) is 36.9 Å². The van der Waals surface area contributed by atoms with Crippen LogP contribution in [0, 0.1) is 11.7 Å². The van der Waals surface area contributed by atoms with Gasteiger partial charge in [-0.1, -0.05) is 11.6 Å². The number of hydrogen-bond donors (Lipinski definition) is 2. The summed E-state index contributed by atoms with van der Waals surface area (Å²) in [5, 5.41) is 6.66. The predicted molar refractivity (Wildman–Crippen MR) is 111 cm³/mol. The first-order valence-electron chi connectivity index (χ1n) is 9.52. The van der Waals surface area contributed by atoms with Crippen molar-refractivity contribution in [3.05, 3.63) is 47.8 Å². The van der Waals surface area contributed by atoms with Gasteiger partial charge in [-0.25, -0.2) is 24.3 Å². The molecule has 1 saturated carbocycles. The van der Waals surface area contributed by atoms with Crippen LogP contribution in [0.2, 0.25) is 5.02 Å². The average molecular weight is 431 g/mol. The molecule has 1 aromatic carbocycles. The molecule has 1 fully saturated rings. The standard InChI is InChI=1S/C20H20ClFN6O2/c1-30-19(29)13-4-2-12(7-16(13)26-11-3-5-15(22)14(21)6-11)27-20-24-9-17-18(28-20)8-23-10-25-17/h3,5-6,8-10,12-13,16,26H,2,4,7H2,1H3,(H,24,27,28). The Morgan fingerprint density at radius 3 is 2.87 bits per heavy atom. The summed E-state index contributed by atoms with van der Waals surface area (Å²) in [6.07, 6.45) is 6.70. The number of hydrogen-bond acceptors (Lipinski definition) is 8. The van der Waals surface area contributed by atoms with E-state index in [1.54, 1.807) is 18.5 Å². The van der Waals surface area contributed by atoms with E-state index in [1.807, 2.05) is 0 Å². The Morgan fingerprint density at radius 1 is 1.20 bits per heavy atom. The lowest BCUT2D eigenvalue weighted by molar-refractivity contribution is -0.146. The zero-order chi connectivity index (χ0) is 21.1. The summed E-state index contributed by atoms with van der Waals surface area (Å²) in [5.74, 6) is -0.629. The quantitative estimate of drug-likeness (QED) is 0.593. The van der Waals surface area contributed by atoms with Gasteiger partial charge < -0.3 is 15.4 Å². The van der Waals surface area contributed by atoms with Crippen LogP contribution in [0.1, 0.15) is 19.3 Å². The molecule has 2 N–H and O–H groups in total. The Kier molecular flexibility index (Phi) is 5.89. The summed E-state index contributed by atoms with van der Waals surface area (Å²) in [7, 11) is 1.38. The minimum Gasteiger partial charge on any atom is -0.469 e. The zero-order valence-corrected chi connectivity index (χ0v) is 16.9. The molecule has 3 atom stereocenters. The van der Waals surface area contributed by atoms with Crippen LogP contribution in [0.5, 0.6) is 0 Å². The molecule has 0 amide bonds. The number of carbonyl (C=O) groups excluding carboxylic acids is 1. The number of aromatic nitrogens is 4. The molecule has 1 aliphatic rings. The van der Waals surface area contributed by atoms with Gasteiger partial charge >= 0.3 is 5.97 Å². The second-order valence-corrected chi connectivity index (χ2v) is 7.56. The molecule has 10 heteroatoms. The van der Waals surface area contributed by atoms with Crippen molar-refractivity contribution in [1.29, 1.82) is 0 Å². The minimum absolute atomic E-state index is 0.0203. The highest BCUT2D eigenvalue weighted by molar-refractivity contribution is 6.31. The summed E-state index contributed by atoms with van der Waals surface area (Å²) < 4.78 is 18.5. The van der Waals surface area contributed by atoms with E-state index in [2.05, 4.69) is 30.6 Å². The number of esters is 1. The van der Waals surface area contributed by atoms with E-state index in [4.69, 9.17) is 16.3 Å². The van der Waals surface area contributed by atoms with Crippen molar-refractivity contribution < 1.29 is 13.9 Å². The summed E-state index contributed by atoms with van der Waals surface area (Å²) in [6.45, 7) is 0. The number of anilines is 2. The first-order chi connectivity index (χ1) is 14.5. The van der Waals surface area contributed by atoms with Crippen molar-refractivity contribution in [2.45, 2.75) is 31.3 Å². The molecule has 0 saturated heterocycles. The van der Waals surface area contributed by atoms with E-state index in [9.17, 15) is 9.18 Å². The van der Waals surface area contributed by atoms with Gasteiger partial charge in [0.05, 0.1) is 30.4 Å². The number of carbonyl (C=O) groups is 1. The van der Waals surface area contributed by atoms with Crippen molar-refractivity contribution in [3.63, 3.8) is 0 Å². The number of fused-ring (bicyclic) bond motifs is 1. The molecular formula is C20H20ClFN6O2. The molecule has 0 bridgehead atoms. The largest absolute Gasteiger partial charge is 0.469 e. The van der Waals surface area contributed by atoms with Gasteiger partial charge in [0.25, 0.3) is 0 Å². The molecule has 3 unspecified atom stereocenters. The van der Waals surface area contributed by atoms with E-state index >= 15 is 0 Å². The van der Waals surface area contributed by atoms with E-state index in [1.165, 1.54) is 25.6 Å². The molecule has 3 aromatic rings. The van der Waals surface area contributed by atoms with Gasteiger partial charge in [-0.15, -0.1) is 0 Å². The van der Waals surface area contributed by atoms with E-state index in [-0.39, 0.29) is 29.0 Å². The van der Waals surface area contributed by atoms with Gasteiger partial charge in [0.2, 0.25) is 5.95 Å². The van der Waals surface area contributed by atoms with Crippen LogP contribution in [-0.4, -0.2) is 45.1 Å². The van der Waals surface area contributed by atoms with Crippen LogP contribution in [0.3, 0.4) is 0 Å². The Balaban J connectivity index is 1.51. The SMILES string of the molecule is COC(=O)C1CCC(Nc2ncc3ncncc3n2)CC1Nc1ccc(F)c(Cl)c1. The van der Waals surface area contributed by atoms with Crippen LogP contribution in [-0.2, 0) is 9.53 Å². The first-order valence-corrected chi connectivity index (χ1v) is 9.90. The van der Waals surface area contributed by atoms with Crippen molar-refractivity contribution in [1.82, 2.24) is 19.9 Å². The number of rotatable bonds is 5. The van der Waals surface area contributed by atoms with Crippen LogP contribution >= 0.6 is 11.6 Å². The van der Waals surface area contributed by atoms with Gasteiger partial charge in [0.1, 0.15) is 23.2 Å². The fourth-order valence-corrected chi connectivity index (χ4v) is 3.91. The summed E-state index contributed by atoms with van der Waals surface area (Å²) >= 11 is 5.90. The number of nitrogens with one attached hydrogen (secondary N) is 2. The molecular weight excluding hydrogens is 411 g/mol. The number of halogens is 2. The average Bonchev–Trinajstić information content (AvgIpc) is 2.76. The third-order valence-electron chi connectivity index (χ3n) is 5.22. The molecule has 8 nitrogen and oxygen atoms in total. The lowest BCUT2D eigenvalue weighted by Crippen LogP contribution is -2.44. The Morgan fingerprint density at radius 2 is 2.07 bits per heavy atom. The van der Waals surface area contributed by atoms with Crippen LogP contribution in [0.25, 0.3) is 11.0 Å². The molecule has 4 rings (SSSR count). The molecule has 1 aliphatic carbocycles. The fraction of sp³-hybridized carbons (Fsp3) is 0.350. The van der Waals surface area contributed by atoms with Crippen molar-refractivity contribution in [2.75, 3.05) is 17.7 Å². The molecule has 0 radical (unpaired) electrons. The third kappa shape index (κ3) is 4.40. The minimum atomic E-state index is -0.493. The Labute approximate surface area is 177 Å². The number of ether oxygens (including phenoxy) is 1. The molecule has 2 heterocycles. The molecule has 2 aromatic heterocycles. The van der Waals surface area contributed by atoms with Gasteiger partial charge in [-0.2, -0.15) is 0 Å². The third-order valence-corrected chi connectivity index (χ3v) is 5.51. The zero-order valence-electron chi connectivity index (χ0n) is 16.2. The second-order valence-electron chi connectivity index (χ2n) is 7.15. The number of nitrogens with zero attached hydrogens (tertiary/aromatic N) is 4. The Hall–Kier alpha value is -3.07. The molecule has 0 aliphatic heterocycles. The molecule has 30 heavy (non-hydrogen) atoms. The van der Waals surface area contributed by atoms with Gasteiger partial charge in [0, 0.05) is 17.8 Å². The fourth-order valence-electron chi connectivity index (χ4n) is 3.73. The van der Waals surface area contributed by atoms with Crippen LogP contribution < -0.4 is 10.6 Å². The predicted octanol–water partition coefficient (Wildman–Crippen LogP) is 3.45. The lowest BCUT2D eigenvalue weighted by Gasteiger charge is -2.36. The highest BCUT2D eigenvalue weighted by Crippen LogP contribution is 2.31. The first kappa shape index (κ1) is 20.2. The highest BCUT2D eigenvalue weighted by atomic mass is 35.5. The van der Waals surface area contributed by atoms with Gasteiger partial charge in [-0.05, 0) is 37.5 Å². The summed E-state index contributed by atoms with van der Waals surface area (Å²) in [5.41, 5.74) is 1.95. The van der Waals surface area contributed by atoms with Crippen molar-refractivity contribution in [2.24, 2.45) is 5.92 Å². The summed E-state index contributed by atoms with van der Waals surface area (Å²) in [6, 6.07) is 4.20. The van der Waals surface area contributed by atoms with E-state index < -0.39 is 5.82 Å². The van der Waals surface area contributed by atoms with Crippen molar-refractivity contribution in [3.8, 4) is 0 Å². The second kappa shape index (κ2) is 8.74. The maximum absolute atomic E-state index is 13.5. The Bertz CT molecular complexity index is 1070. The number of benzene rings is 1. The van der Waals surface area contributed by atoms with Gasteiger partial charge in [0.15, 0.2) is 0 Å². The highest BCUT2D eigenvalue weighted by Gasteiger charge is 2.36. The normalized spacial score (nSPS) is 21.2. The van der Waals surface area contributed by atoms with Gasteiger partial charge in [-0.3, -0.25) is 4.79 Å². The van der Waals surface area contributed by atoms with E-state index in [0.29, 0.717) is 35.5 Å². The van der Waals surface area contributed by atoms with Crippen LogP contribution in [0.4, 0.5) is 16.0 Å². The lowest BCUT2D eigenvalue weighted by atomic mass is 9.81. The smallest absolute Gasteiger partial charge is 0.310 e. The molecule has 0 spiro atoms. The maximum atomic E-state index is 13.5. The summed E-state index contributed by atoms with van der Waals surface area (Å²) in [4.78, 5) is 29.2. The molecule has 156 valence electrons. The topological polar surface area (TPSA) is 102 Å². The monoisotopic (exact) mass is 430 g/mol. The maximum Gasteiger partial charge on any atom is 0.310 e.